The maximum absolute atomic E-state index is 13.2. The van der Waals surface area contributed by atoms with Crippen molar-refractivity contribution in [2.24, 2.45) is 0 Å². The molecule has 0 bridgehead atoms. The molecule has 0 aliphatic carbocycles. The first-order chi connectivity index (χ1) is 12.6. The first-order valence-corrected chi connectivity index (χ1v) is 9.37. The molecule has 6 nitrogen and oxygen atoms in total. The normalized spacial score (nSPS) is 19.0. The standard InChI is InChI=1S/C20H28N4O2/c1-4-7-20(8-5-2)9-10-24(20)18(25)16-15-21-19(22-17(16)6-3)23-11-13-26-14-12-23/h4-5,15H,1-2,6-14H2,3H3. The van der Waals surface area contributed by atoms with Crippen molar-refractivity contribution in [2.45, 2.75) is 38.1 Å². The Labute approximate surface area is 155 Å². The lowest BCUT2D eigenvalue weighted by atomic mass is 9.78. The van der Waals surface area contributed by atoms with Crippen LogP contribution in [0.2, 0.25) is 0 Å². The first kappa shape index (κ1) is 18.6. The number of hydrogen-bond acceptors (Lipinski definition) is 5. The number of anilines is 1. The van der Waals surface area contributed by atoms with Crippen molar-refractivity contribution < 1.29 is 9.53 Å². The van der Waals surface area contributed by atoms with Gasteiger partial charge in [-0.3, -0.25) is 4.79 Å². The Balaban J connectivity index is 1.84. The van der Waals surface area contributed by atoms with E-state index in [4.69, 9.17) is 4.74 Å². The molecule has 0 N–H and O–H groups in total. The molecule has 0 atom stereocenters. The minimum atomic E-state index is -0.186. The predicted molar refractivity (Wildman–Crippen MR) is 102 cm³/mol. The topological polar surface area (TPSA) is 58.6 Å². The summed E-state index contributed by atoms with van der Waals surface area (Å²) < 4.78 is 5.39. The van der Waals surface area contributed by atoms with Gasteiger partial charge < -0.3 is 14.5 Å². The molecule has 0 saturated carbocycles. The Kier molecular flexibility index (Phi) is 5.71. The van der Waals surface area contributed by atoms with Crippen molar-refractivity contribution in [1.29, 1.82) is 0 Å². The van der Waals surface area contributed by atoms with Gasteiger partial charge >= 0.3 is 0 Å². The predicted octanol–water partition coefficient (Wildman–Crippen LogP) is 2.61. The number of morpholine rings is 1. The first-order valence-electron chi connectivity index (χ1n) is 9.37. The Morgan fingerprint density at radius 1 is 1.27 bits per heavy atom. The van der Waals surface area contributed by atoms with E-state index in [0.717, 1.165) is 44.6 Å². The highest BCUT2D eigenvalue weighted by Crippen LogP contribution is 2.39. The number of carbonyl (C=O) groups excluding carboxylic acids is 1. The zero-order valence-corrected chi connectivity index (χ0v) is 15.6. The van der Waals surface area contributed by atoms with Crippen LogP contribution in [-0.2, 0) is 11.2 Å². The summed E-state index contributed by atoms with van der Waals surface area (Å²) in [4.78, 5) is 26.4. The highest BCUT2D eigenvalue weighted by atomic mass is 16.5. The van der Waals surface area contributed by atoms with Gasteiger partial charge in [-0.25, -0.2) is 9.97 Å². The van der Waals surface area contributed by atoms with Gasteiger partial charge in [-0.1, -0.05) is 19.1 Å². The molecule has 140 valence electrons. The van der Waals surface area contributed by atoms with Crippen molar-refractivity contribution >= 4 is 11.9 Å². The molecule has 3 heterocycles. The SMILES string of the molecule is C=CCC1(CC=C)CCN1C(=O)c1cnc(N2CCOCC2)nc1CC. The summed E-state index contributed by atoms with van der Waals surface area (Å²) in [6.07, 6.45) is 8.71. The van der Waals surface area contributed by atoms with Gasteiger partial charge in [-0.2, -0.15) is 0 Å². The molecule has 2 fully saturated rings. The molecule has 1 amide bonds. The van der Waals surface area contributed by atoms with Gasteiger partial charge in [0.2, 0.25) is 5.95 Å². The molecule has 0 unspecified atom stereocenters. The number of aromatic nitrogens is 2. The molecule has 6 heteroatoms. The van der Waals surface area contributed by atoms with Crippen LogP contribution in [0.3, 0.4) is 0 Å². The van der Waals surface area contributed by atoms with E-state index in [1.807, 2.05) is 24.0 Å². The number of amides is 1. The third kappa shape index (κ3) is 3.38. The summed E-state index contributed by atoms with van der Waals surface area (Å²) in [6.45, 7) is 13.4. The molecule has 0 aromatic carbocycles. The largest absolute Gasteiger partial charge is 0.378 e. The van der Waals surface area contributed by atoms with Crippen molar-refractivity contribution in [2.75, 3.05) is 37.7 Å². The molecule has 0 spiro atoms. The summed E-state index contributed by atoms with van der Waals surface area (Å²) in [5.74, 6) is 0.707. The molecule has 0 radical (unpaired) electrons. The molecule has 3 rings (SSSR count). The van der Waals surface area contributed by atoms with E-state index >= 15 is 0 Å². The lowest BCUT2D eigenvalue weighted by molar-refractivity contribution is -0.000193. The molecule has 2 aliphatic heterocycles. The number of hydrogen-bond donors (Lipinski definition) is 0. The van der Waals surface area contributed by atoms with Crippen molar-refractivity contribution in [3.63, 3.8) is 0 Å². The average molecular weight is 356 g/mol. The van der Waals surface area contributed by atoms with E-state index in [-0.39, 0.29) is 11.4 Å². The quantitative estimate of drug-likeness (QED) is 0.703. The minimum Gasteiger partial charge on any atom is -0.378 e. The molecule has 2 saturated heterocycles. The Morgan fingerprint density at radius 3 is 2.50 bits per heavy atom. The summed E-state index contributed by atoms with van der Waals surface area (Å²) in [5, 5.41) is 0. The van der Waals surface area contributed by atoms with E-state index in [1.165, 1.54) is 0 Å². The van der Waals surface area contributed by atoms with Gasteiger partial charge in [0.05, 0.1) is 30.0 Å². The van der Waals surface area contributed by atoms with E-state index in [2.05, 4.69) is 28.0 Å². The molecular formula is C20H28N4O2. The molecular weight excluding hydrogens is 328 g/mol. The van der Waals surface area contributed by atoms with E-state index in [9.17, 15) is 4.79 Å². The fourth-order valence-electron chi connectivity index (χ4n) is 3.82. The summed E-state index contributed by atoms with van der Waals surface area (Å²) in [6, 6.07) is 0. The highest BCUT2D eigenvalue weighted by Gasteiger charge is 2.46. The van der Waals surface area contributed by atoms with Gasteiger partial charge in [0.15, 0.2) is 0 Å². The van der Waals surface area contributed by atoms with Crippen LogP contribution >= 0.6 is 0 Å². The Bertz CT molecular complexity index is 672. The van der Waals surface area contributed by atoms with Crippen LogP contribution in [0, 0.1) is 0 Å². The van der Waals surface area contributed by atoms with Crippen molar-refractivity contribution in [3.05, 3.63) is 42.8 Å². The van der Waals surface area contributed by atoms with Crippen molar-refractivity contribution in [1.82, 2.24) is 14.9 Å². The molecule has 2 aliphatic rings. The van der Waals surface area contributed by atoms with Crippen LogP contribution in [0.1, 0.15) is 42.2 Å². The number of aryl methyl sites for hydroxylation is 1. The number of carbonyl (C=O) groups is 1. The van der Waals surface area contributed by atoms with Crippen LogP contribution < -0.4 is 4.90 Å². The number of rotatable bonds is 7. The second kappa shape index (κ2) is 7.99. The zero-order valence-electron chi connectivity index (χ0n) is 15.6. The van der Waals surface area contributed by atoms with E-state index in [1.54, 1.807) is 6.20 Å². The molecule has 1 aromatic heterocycles. The highest BCUT2D eigenvalue weighted by molar-refractivity contribution is 5.96. The van der Waals surface area contributed by atoms with E-state index in [0.29, 0.717) is 31.1 Å². The van der Waals surface area contributed by atoms with Crippen LogP contribution in [0.5, 0.6) is 0 Å². The summed E-state index contributed by atoms with van der Waals surface area (Å²) in [7, 11) is 0. The summed E-state index contributed by atoms with van der Waals surface area (Å²) in [5.41, 5.74) is 1.24. The number of ether oxygens (including phenoxy) is 1. The fraction of sp³-hybridized carbons (Fsp3) is 0.550. The van der Waals surface area contributed by atoms with E-state index < -0.39 is 0 Å². The number of likely N-dealkylation sites (tertiary alicyclic amines) is 1. The van der Waals surface area contributed by atoms with Crippen LogP contribution in [0.25, 0.3) is 0 Å². The monoisotopic (exact) mass is 356 g/mol. The van der Waals surface area contributed by atoms with Gasteiger partial charge in [0.25, 0.3) is 5.91 Å². The third-order valence-corrected chi connectivity index (χ3v) is 5.38. The minimum absolute atomic E-state index is 0.0188. The second-order valence-electron chi connectivity index (χ2n) is 6.90. The van der Waals surface area contributed by atoms with Gasteiger partial charge in [0.1, 0.15) is 0 Å². The van der Waals surface area contributed by atoms with Gasteiger partial charge in [-0.05, 0) is 25.7 Å². The lowest BCUT2D eigenvalue weighted by Gasteiger charge is -2.52. The van der Waals surface area contributed by atoms with Gasteiger partial charge in [-0.15, -0.1) is 13.2 Å². The maximum Gasteiger partial charge on any atom is 0.257 e. The third-order valence-electron chi connectivity index (χ3n) is 5.38. The van der Waals surface area contributed by atoms with Gasteiger partial charge in [0, 0.05) is 25.8 Å². The zero-order chi connectivity index (χ0) is 18.6. The number of nitrogens with zero attached hydrogens (tertiary/aromatic N) is 4. The average Bonchev–Trinajstić information content (AvgIpc) is 2.67. The van der Waals surface area contributed by atoms with Crippen molar-refractivity contribution in [3.8, 4) is 0 Å². The Hall–Kier alpha value is -2.21. The second-order valence-corrected chi connectivity index (χ2v) is 6.90. The van der Waals surface area contributed by atoms with Crippen LogP contribution in [0.4, 0.5) is 5.95 Å². The fourth-order valence-corrected chi connectivity index (χ4v) is 3.82. The maximum atomic E-state index is 13.2. The smallest absolute Gasteiger partial charge is 0.257 e. The lowest BCUT2D eigenvalue weighted by Crippen LogP contribution is -2.61. The van der Waals surface area contributed by atoms with Crippen LogP contribution in [-0.4, -0.2) is 59.2 Å². The summed E-state index contributed by atoms with van der Waals surface area (Å²) >= 11 is 0. The Morgan fingerprint density at radius 2 is 1.96 bits per heavy atom. The van der Waals surface area contributed by atoms with Crippen LogP contribution in [0.15, 0.2) is 31.5 Å². The molecule has 26 heavy (non-hydrogen) atoms. The molecule has 1 aromatic rings.